The van der Waals surface area contributed by atoms with Gasteiger partial charge in [-0.15, -0.1) is 0 Å². The first kappa shape index (κ1) is 19.0. The number of carbonyl (C=O) groups excluding carboxylic acids is 2. The molecule has 5 nitrogen and oxygen atoms in total. The van der Waals surface area contributed by atoms with Crippen molar-refractivity contribution in [2.75, 3.05) is 30.1 Å². The lowest BCUT2D eigenvalue weighted by atomic mass is 10.1. The van der Waals surface area contributed by atoms with Crippen molar-refractivity contribution in [3.05, 3.63) is 29.0 Å². The van der Waals surface area contributed by atoms with Gasteiger partial charge in [-0.25, -0.2) is 4.39 Å². The van der Waals surface area contributed by atoms with Gasteiger partial charge in [0.1, 0.15) is 5.82 Å². The minimum Gasteiger partial charge on any atom is -0.394 e. The number of hydrogen-bond acceptors (Lipinski definition) is 4. The van der Waals surface area contributed by atoms with Gasteiger partial charge in [-0.2, -0.15) is 11.8 Å². The highest BCUT2D eigenvalue weighted by molar-refractivity contribution is 7.98. The Labute approximate surface area is 149 Å². The van der Waals surface area contributed by atoms with E-state index in [4.69, 9.17) is 11.6 Å². The van der Waals surface area contributed by atoms with E-state index in [2.05, 4.69) is 5.32 Å². The topological polar surface area (TPSA) is 69.6 Å². The van der Waals surface area contributed by atoms with Crippen LogP contribution in [0.4, 0.5) is 10.1 Å². The summed E-state index contributed by atoms with van der Waals surface area (Å²) < 4.78 is 13.2. The van der Waals surface area contributed by atoms with Crippen LogP contribution in [0.5, 0.6) is 0 Å². The van der Waals surface area contributed by atoms with E-state index in [1.165, 1.54) is 23.1 Å². The number of halogens is 2. The van der Waals surface area contributed by atoms with E-state index in [1.54, 1.807) is 11.8 Å². The predicted molar refractivity (Wildman–Crippen MR) is 93.9 cm³/mol. The average Bonchev–Trinajstić information content (AvgIpc) is 2.95. The van der Waals surface area contributed by atoms with E-state index in [1.807, 2.05) is 6.26 Å². The van der Waals surface area contributed by atoms with Crippen LogP contribution in [0.2, 0.25) is 5.02 Å². The van der Waals surface area contributed by atoms with Crippen LogP contribution in [0.1, 0.15) is 12.8 Å². The summed E-state index contributed by atoms with van der Waals surface area (Å²) in [5.41, 5.74) is 0.475. The Morgan fingerprint density at radius 2 is 2.33 bits per heavy atom. The Morgan fingerprint density at radius 1 is 1.58 bits per heavy atom. The lowest BCUT2D eigenvalue weighted by Gasteiger charge is -2.19. The molecule has 1 heterocycles. The fourth-order valence-electron chi connectivity index (χ4n) is 2.57. The summed E-state index contributed by atoms with van der Waals surface area (Å²) in [6.07, 6.45) is 2.71. The maximum absolute atomic E-state index is 13.2. The first-order valence-electron chi connectivity index (χ1n) is 7.61. The maximum Gasteiger partial charge on any atom is 0.227 e. The Balaban J connectivity index is 2.00. The van der Waals surface area contributed by atoms with Gasteiger partial charge in [-0.05, 0) is 36.6 Å². The van der Waals surface area contributed by atoms with Crippen molar-refractivity contribution >= 4 is 40.9 Å². The number of nitrogens with zero attached hydrogens (tertiary/aromatic N) is 1. The summed E-state index contributed by atoms with van der Waals surface area (Å²) in [6.45, 7) is 0.0809. The largest absolute Gasteiger partial charge is 0.394 e. The highest BCUT2D eigenvalue weighted by Crippen LogP contribution is 2.28. The molecule has 1 fully saturated rings. The minimum atomic E-state index is -0.555. The molecule has 2 unspecified atom stereocenters. The number of anilines is 1. The quantitative estimate of drug-likeness (QED) is 0.766. The first-order chi connectivity index (χ1) is 11.5. The van der Waals surface area contributed by atoms with Crippen LogP contribution in [0, 0.1) is 11.7 Å². The number of aliphatic hydroxyl groups is 1. The third-order valence-corrected chi connectivity index (χ3v) is 4.88. The highest BCUT2D eigenvalue weighted by Gasteiger charge is 2.35. The van der Waals surface area contributed by atoms with E-state index >= 15 is 0 Å². The molecule has 1 aromatic carbocycles. The zero-order chi connectivity index (χ0) is 17.7. The molecular formula is C16H20ClFN2O3S. The van der Waals surface area contributed by atoms with Crippen molar-refractivity contribution in [1.29, 1.82) is 0 Å². The summed E-state index contributed by atoms with van der Waals surface area (Å²) in [7, 11) is 0. The molecule has 24 heavy (non-hydrogen) atoms. The van der Waals surface area contributed by atoms with Crippen molar-refractivity contribution in [3.63, 3.8) is 0 Å². The van der Waals surface area contributed by atoms with E-state index in [-0.39, 0.29) is 42.5 Å². The van der Waals surface area contributed by atoms with Crippen LogP contribution in [0.15, 0.2) is 18.2 Å². The lowest BCUT2D eigenvalue weighted by molar-refractivity contribution is -0.127. The molecule has 0 spiro atoms. The van der Waals surface area contributed by atoms with Crippen LogP contribution in [0.25, 0.3) is 0 Å². The van der Waals surface area contributed by atoms with Gasteiger partial charge < -0.3 is 15.3 Å². The second-order valence-electron chi connectivity index (χ2n) is 5.67. The number of carbonyl (C=O) groups is 2. The molecule has 0 saturated carbocycles. The Morgan fingerprint density at radius 3 is 2.96 bits per heavy atom. The zero-order valence-corrected chi connectivity index (χ0v) is 14.9. The van der Waals surface area contributed by atoms with Gasteiger partial charge in [0.25, 0.3) is 0 Å². The molecule has 132 valence electrons. The molecule has 1 aliphatic rings. The molecule has 2 N–H and O–H groups in total. The monoisotopic (exact) mass is 374 g/mol. The van der Waals surface area contributed by atoms with Crippen molar-refractivity contribution in [3.8, 4) is 0 Å². The number of nitrogens with one attached hydrogen (secondary N) is 1. The van der Waals surface area contributed by atoms with Crippen LogP contribution in [-0.2, 0) is 9.59 Å². The van der Waals surface area contributed by atoms with Crippen molar-refractivity contribution in [2.24, 2.45) is 5.92 Å². The molecule has 1 aliphatic heterocycles. The molecule has 8 heteroatoms. The van der Waals surface area contributed by atoms with Crippen molar-refractivity contribution in [1.82, 2.24) is 5.32 Å². The molecule has 1 aromatic rings. The second-order valence-corrected chi connectivity index (χ2v) is 7.07. The molecule has 0 aromatic heterocycles. The minimum absolute atomic E-state index is 0.0642. The second kappa shape index (κ2) is 8.69. The standard InChI is InChI=1S/C16H20ClFN2O3S/c1-24-5-4-11(9-21)19-16(23)10-6-15(22)20(8-10)12-2-3-14(18)13(17)7-12/h2-3,7,10-11,21H,4-6,8-9H2,1H3,(H,19,23). The Kier molecular flexibility index (Phi) is 6.89. The lowest BCUT2D eigenvalue weighted by Crippen LogP contribution is -2.42. The average molecular weight is 375 g/mol. The highest BCUT2D eigenvalue weighted by atomic mass is 35.5. The SMILES string of the molecule is CSCCC(CO)NC(=O)C1CC(=O)N(c2ccc(F)c(Cl)c2)C1. The summed E-state index contributed by atoms with van der Waals surface area (Å²) in [6, 6.07) is 3.73. The number of benzene rings is 1. The van der Waals surface area contributed by atoms with Crippen LogP contribution in [-0.4, -0.2) is 48.1 Å². The van der Waals surface area contributed by atoms with E-state index in [0.29, 0.717) is 12.1 Å². The fraction of sp³-hybridized carbons (Fsp3) is 0.500. The first-order valence-corrected chi connectivity index (χ1v) is 9.39. The van der Waals surface area contributed by atoms with E-state index < -0.39 is 11.7 Å². The van der Waals surface area contributed by atoms with Gasteiger partial charge in [-0.3, -0.25) is 9.59 Å². The number of hydrogen-bond donors (Lipinski definition) is 2. The van der Waals surface area contributed by atoms with E-state index in [0.717, 1.165) is 5.75 Å². The Hall–Kier alpha value is -1.31. The molecular weight excluding hydrogens is 355 g/mol. The van der Waals surface area contributed by atoms with Gasteiger partial charge in [-0.1, -0.05) is 11.6 Å². The molecule has 2 atom stereocenters. The maximum atomic E-state index is 13.2. The van der Waals surface area contributed by atoms with Gasteiger partial charge >= 0.3 is 0 Å². The molecule has 2 rings (SSSR count). The van der Waals surface area contributed by atoms with Gasteiger partial charge in [0.15, 0.2) is 0 Å². The smallest absolute Gasteiger partial charge is 0.227 e. The van der Waals surface area contributed by atoms with Crippen molar-refractivity contribution < 1.29 is 19.1 Å². The molecule has 0 bridgehead atoms. The predicted octanol–water partition coefficient (Wildman–Crippen LogP) is 2.06. The van der Waals surface area contributed by atoms with Crippen LogP contribution >= 0.6 is 23.4 Å². The molecule has 0 aliphatic carbocycles. The number of aliphatic hydroxyl groups excluding tert-OH is 1. The number of amides is 2. The third kappa shape index (κ3) is 4.62. The number of rotatable bonds is 7. The van der Waals surface area contributed by atoms with E-state index in [9.17, 15) is 19.1 Å². The summed E-state index contributed by atoms with van der Waals surface area (Å²) in [5, 5.41) is 12.1. The summed E-state index contributed by atoms with van der Waals surface area (Å²) >= 11 is 7.39. The molecule has 0 radical (unpaired) electrons. The third-order valence-electron chi connectivity index (χ3n) is 3.95. The van der Waals surface area contributed by atoms with Gasteiger partial charge in [0.05, 0.1) is 23.6 Å². The Bertz CT molecular complexity index is 617. The summed E-state index contributed by atoms with van der Waals surface area (Å²) in [5.74, 6) is -0.678. The number of thioether (sulfide) groups is 1. The summed E-state index contributed by atoms with van der Waals surface area (Å²) in [4.78, 5) is 25.9. The van der Waals surface area contributed by atoms with Crippen LogP contribution < -0.4 is 10.2 Å². The van der Waals surface area contributed by atoms with Gasteiger partial charge in [0, 0.05) is 18.7 Å². The fourth-order valence-corrected chi connectivity index (χ4v) is 3.27. The zero-order valence-electron chi connectivity index (χ0n) is 13.3. The van der Waals surface area contributed by atoms with Crippen molar-refractivity contribution in [2.45, 2.75) is 18.9 Å². The molecule has 1 saturated heterocycles. The molecule has 2 amide bonds. The van der Waals surface area contributed by atoms with Gasteiger partial charge in [0.2, 0.25) is 11.8 Å². The normalized spacial score (nSPS) is 18.8. The van der Waals surface area contributed by atoms with Crippen LogP contribution in [0.3, 0.4) is 0 Å².